The summed E-state index contributed by atoms with van der Waals surface area (Å²) in [5.41, 5.74) is 3.23. The van der Waals surface area contributed by atoms with Crippen molar-refractivity contribution in [2.45, 2.75) is 63.5 Å². The maximum Gasteiger partial charge on any atom is 0.326 e. The zero-order chi connectivity index (χ0) is 26.5. The van der Waals surface area contributed by atoms with Crippen LogP contribution < -0.4 is 9.47 Å². The lowest BCUT2D eigenvalue weighted by Gasteiger charge is -2.37. The average molecular weight is 517 g/mol. The predicted octanol–water partition coefficient (Wildman–Crippen LogP) is 4.71. The number of aromatic nitrogens is 1. The van der Waals surface area contributed by atoms with Gasteiger partial charge in [0, 0.05) is 30.9 Å². The summed E-state index contributed by atoms with van der Waals surface area (Å²) in [5, 5.41) is 10.2. The highest BCUT2D eigenvalue weighted by Gasteiger charge is 2.41. The number of fused-ring (bicyclic) bond motifs is 1. The number of rotatable bonds is 9. The number of carboxylic acids is 1. The summed E-state index contributed by atoms with van der Waals surface area (Å²) in [7, 11) is 1.55. The van der Waals surface area contributed by atoms with Crippen LogP contribution >= 0.6 is 0 Å². The number of carbonyl (C=O) groups is 2. The van der Waals surface area contributed by atoms with Gasteiger partial charge in [0.25, 0.3) is 5.91 Å². The summed E-state index contributed by atoms with van der Waals surface area (Å²) in [6.45, 7) is 0.416. The molecular weight excluding hydrogens is 484 g/mol. The van der Waals surface area contributed by atoms with E-state index in [9.17, 15) is 14.7 Å². The molecule has 8 nitrogen and oxygen atoms in total. The van der Waals surface area contributed by atoms with Crippen molar-refractivity contribution in [3.8, 4) is 11.5 Å². The fourth-order valence-electron chi connectivity index (χ4n) is 5.30. The molecule has 2 aromatic carbocycles. The number of pyridine rings is 1. The van der Waals surface area contributed by atoms with Gasteiger partial charge in [-0.05, 0) is 47.7 Å². The fourth-order valence-corrected chi connectivity index (χ4v) is 5.30. The molecule has 5 rings (SSSR count). The van der Waals surface area contributed by atoms with Crippen LogP contribution in [0.5, 0.6) is 11.5 Å². The lowest BCUT2D eigenvalue weighted by molar-refractivity contribution is -0.160. The quantitative estimate of drug-likeness (QED) is 0.440. The van der Waals surface area contributed by atoms with E-state index in [0.717, 1.165) is 47.9 Å². The van der Waals surface area contributed by atoms with Gasteiger partial charge in [-0.25, -0.2) is 4.79 Å². The van der Waals surface area contributed by atoms with E-state index in [1.807, 2.05) is 48.5 Å². The van der Waals surface area contributed by atoms with Crippen molar-refractivity contribution in [2.24, 2.45) is 0 Å². The highest BCUT2D eigenvalue weighted by Crippen LogP contribution is 2.40. The molecular formula is C30H32N2O6. The topological polar surface area (TPSA) is 98.2 Å². The first kappa shape index (κ1) is 25.7. The zero-order valence-electron chi connectivity index (χ0n) is 21.4. The van der Waals surface area contributed by atoms with Crippen molar-refractivity contribution in [3.05, 3.63) is 89.2 Å². The molecule has 0 saturated heterocycles. The van der Waals surface area contributed by atoms with Gasteiger partial charge in [0.1, 0.15) is 12.6 Å². The molecule has 1 N–H and O–H groups in total. The Hall–Kier alpha value is -3.91. The van der Waals surface area contributed by atoms with Crippen molar-refractivity contribution in [3.63, 3.8) is 0 Å². The Morgan fingerprint density at radius 3 is 2.47 bits per heavy atom. The van der Waals surface area contributed by atoms with Crippen LogP contribution in [0.15, 0.2) is 67.0 Å². The second-order valence-electron chi connectivity index (χ2n) is 9.74. The van der Waals surface area contributed by atoms with Gasteiger partial charge >= 0.3 is 5.97 Å². The van der Waals surface area contributed by atoms with E-state index in [-0.39, 0.29) is 31.6 Å². The normalized spacial score (nSPS) is 18.0. The maximum absolute atomic E-state index is 14.0. The zero-order valence-corrected chi connectivity index (χ0v) is 21.4. The number of benzene rings is 2. The van der Waals surface area contributed by atoms with Crippen LogP contribution in [0.1, 0.15) is 54.0 Å². The molecule has 3 aromatic rings. The van der Waals surface area contributed by atoms with Gasteiger partial charge < -0.3 is 24.2 Å². The summed E-state index contributed by atoms with van der Waals surface area (Å²) >= 11 is 0. The van der Waals surface area contributed by atoms with Crippen LogP contribution in [0.2, 0.25) is 0 Å². The van der Waals surface area contributed by atoms with Crippen molar-refractivity contribution in [1.82, 2.24) is 9.88 Å². The van der Waals surface area contributed by atoms with Gasteiger partial charge in [0.05, 0.1) is 13.2 Å². The molecule has 1 aliphatic carbocycles. The molecule has 198 valence electrons. The Kier molecular flexibility index (Phi) is 7.89. The first-order chi connectivity index (χ1) is 18.5. The Balaban J connectivity index is 1.46. The standard InChI is InChI=1S/C30H32N2O6/c1-36-26-12-11-22-18-32(29(33)27(21-7-3-2-4-8-21)38-23-9-5-6-10-23)25(30(34)35)17-24(22)28(26)37-19-20-13-15-31-16-14-20/h2-4,7-8,11-16,23,25,27H,5-6,9-10,17-19H2,1H3,(H,34,35). The van der Waals surface area contributed by atoms with E-state index in [1.165, 1.54) is 4.90 Å². The number of nitrogens with zero attached hydrogens (tertiary/aromatic N) is 2. The first-order valence-electron chi connectivity index (χ1n) is 13.0. The number of amides is 1. The fraction of sp³-hybridized carbons (Fsp3) is 0.367. The lowest BCUT2D eigenvalue weighted by Crippen LogP contribution is -2.50. The summed E-state index contributed by atoms with van der Waals surface area (Å²) in [6, 6.07) is 15.7. The molecule has 0 radical (unpaired) electrons. The Bertz CT molecular complexity index is 1260. The van der Waals surface area contributed by atoms with Gasteiger partial charge in [-0.1, -0.05) is 49.2 Å². The van der Waals surface area contributed by atoms with Crippen LogP contribution in [-0.2, 0) is 33.9 Å². The van der Waals surface area contributed by atoms with Gasteiger partial charge in [0.15, 0.2) is 17.6 Å². The van der Waals surface area contributed by atoms with Gasteiger partial charge in [0.2, 0.25) is 0 Å². The second kappa shape index (κ2) is 11.6. The molecule has 0 spiro atoms. The monoisotopic (exact) mass is 516 g/mol. The van der Waals surface area contributed by atoms with Crippen LogP contribution in [-0.4, -0.2) is 46.1 Å². The number of carboxylic acid groups (broad SMARTS) is 1. The Morgan fingerprint density at radius 1 is 1.05 bits per heavy atom. The molecule has 2 atom stereocenters. The number of carbonyl (C=O) groups excluding carboxylic acids is 1. The summed E-state index contributed by atoms with van der Waals surface area (Å²) in [6.07, 6.45) is 6.56. The van der Waals surface area contributed by atoms with Gasteiger partial charge in [-0.2, -0.15) is 0 Å². The van der Waals surface area contributed by atoms with Gasteiger partial charge in [-0.3, -0.25) is 9.78 Å². The van der Waals surface area contributed by atoms with Crippen LogP contribution in [0.25, 0.3) is 0 Å². The summed E-state index contributed by atoms with van der Waals surface area (Å²) < 4.78 is 18.1. The maximum atomic E-state index is 14.0. The third-order valence-corrected chi connectivity index (χ3v) is 7.31. The third kappa shape index (κ3) is 5.50. The van der Waals surface area contributed by atoms with Crippen molar-refractivity contribution >= 4 is 11.9 Å². The van der Waals surface area contributed by atoms with Crippen molar-refractivity contribution in [2.75, 3.05) is 7.11 Å². The van der Waals surface area contributed by atoms with E-state index in [4.69, 9.17) is 14.2 Å². The second-order valence-corrected chi connectivity index (χ2v) is 9.74. The molecule has 0 bridgehead atoms. The van der Waals surface area contributed by atoms with E-state index in [1.54, 1.807) is 25.6 Å². The average Bonchev–Trinajstić information content (AvgIpc) is 3.48. The van der Waals surface area contributed by atoms with Crippen molar-refractivity contribution in [1.29, 1.82) is 0 Å². The van der Waals surface area contributed by atoms with E-state index < -0.39 is 18.1 Å². The molecule has 1 amide bonds. The predicted molar refractivity (Wildman–Crippen MR) is 140 cm³/mol. The number of hydrogen-bond acceptors (Lipinski definition) is 6. The van der Waals surface area contributed by atoms with Gasteiger partial charge in [-0.15, -0.1) is 0 Å². The third-order valence-electron chi connectivity index (χ3n) is 7.31. The minimum Gasteiger partial charge on any atom is -0.493 e. The number of ether oxygens (including phenoxy) is 3. The lowest BCUT2D eigenvalue weighted by atomic mass is 9.91. The molecule has 2 unspecified atom stereocenters. The smallest absolute Gasteiger partial charge is 0.326 e. The molecule has 2 heterocycles. The molecule has 38 heavy (non-hydrogen) atoms. The first-order valence-corrected chi connectivity index (χ1v) is 13.0. The van der Waals surface area contributed by atoms with Crippen LogP contribution in [0.3, 0.4) is 0 Å². The SMILES string of the molecule is COc1ccc2c(c1OCc1ccncc1)CC(C(=O)O)N(C(=O)C(OC1CCCC1)c1ccccc1)C2. The number of hydrogen-bond donors (Lipinski definition) is 1. The number of aliphatic carboxylic acids is 1. The minimum atomic E-state index is -1.07. The highest BCUT2D eigenvalue weighted by atomic mass is 16.5. The molecule has 1 aromatic heterocycles. The Morgan fingerprint density at radius 2 is 1.79 bits per heavy atom. The molecule has 8 heteroatoms. The molecule has 1 fully saturated rings. The van der Waals surface area contributed by atoms with E-state index in [0.29, 0.717) is 11.5 Å². The molecule has 1 saturated carbocycles. The van der Waals surface area contributed by atoms with Crippen LogP contribution in [0.4, 0.5) is 0 Å². The molecule has 1 aliphatic heterocycles. The largest absolute Gasteiger partial charge is 0.493 e. The minimum absolute atomic E-state index is 0.0121. The summed E-state index contributed by atoms with van der Waals surface area (Å²) in [4.78, 5) is 32.0. The van der Waals surface area contributed by atoms with E-state index in [2.05, 4.69) is 4.98 Å². The molecule has 2 aliphatic rings. The van der Waals surface area contributed by atoms with Crippen LogP contribution in [0, 0.1) is 0 Å². The Labute approximate surface area is 222 Å². The van der Waals surface area contributed by atoms with Crippen molar-refractivity contribution < 1.29 is 28.9 Å². The number of methoxy groups -OCH3 is 1. The van der Waals surface area contributed by atoms with E-state index >= 15 is 0 Å². The summed E-state index contributed by atoms with van der Waals surface area (Å²) in [5.74, 6) is -0.383. The highest BCUT2D eigenvalue weighted by molar-refractivity contribution is 5.88.